The number of nitrogens with one attached hydrogen (secondary N) is 1. The standard InChI is InChI=1S/C13H11BrFNO2S/c14-9-5-6-19-12(9)13(18)16-7-11(17)8-3-1-2-4-10(8)15/h1-6,11,17H,7H2,(H,16,18). The Morgan fingerprint density at radius 2 is 2.16 bits per heavy atom. The lowest BCUT2D eigenvalue weighted by molar-refractivity contribution is 0.0917. The van der Waals surface area contributed by atoms with Crippen molar-refractivity contribution in [2.45, 2.75) is 6.10 Å². The fourth-order valence-electron chi connectivity index (χ4n) is 1.58. The van der Waals surface area contributed by atoms with Gasteiger partial charge >= 0.3 is 0 Å². The van der Waals surface area contributed by atoms with Crippen molar-refractivity contribution < 1.29 is 14.3 Å². The van der Waals surface area contributed by atoms with Crippen LogP contribution in [0.2, 0.25) is 0 Å². The lowest BCUT2D eigenvalue weighted by atomic mass is 10.1. The number of thiophene rings is 1. The average Bonchev–Trinajstić information content (AvgIpc) is 2.82. The monoisotopic (exact) mass is 343 g/mol. The summed E-state index contributed by atoms with van der Waals surface area (Å²) in [5, 5.41) is 14.2. The highest BCUT2D eigenvalue weighted by Gasteiger charge is 2.16. The maximum absolute atomic E-state index is 13.4. The van der Waals surface area contributed by atoms with Crippen LogP contribution in [0.4, 0.5) is 4.39 Å². The van der Waals surface area contributed by atoms with Gasteiger partial charge in [0.05, 0.1) is 6.10 Å². The van der Waals surface area contributed by atoms with Gasteiger partial charge in [0, 0.05) is 16.6 Å². The molecule has 2 aromatic rings. The largest absolute Gasteiger partial charge is 0.386 e. The summed E-state index contributed by atoms with van der Waals surface area (Å²) in [7, 11) is 0. The van der Waals surface area contributed by atoms with Crippen molar-refractivity contribution in [3.63, 3.8) is 0 Å². The molecule has 0 saturated heterocycles. The van der Waals surface area contributed by atoms with E-state index < -0.39 is 11.9 Å². The van der Waals surface area contributed by atoms with Crippen molar-refractivity contribution >= 4 is 33.2 Å². The van der Waals surface area contributed by atoms with E-state index in [0.29, 0.717) is 9.35 Å². The van der Waals surface area contributed by atoms with Gasteiger partial charge in [-0.1, -0.05) is 18.2 Å². The molecule has 1 unspecified atom stereocenters. The van der Waals surface area contributed by atoms with E-state index in [-0.39, 0.29) is 18.0 Å². The van der Waals surface area contributed by atoms with Crippen LogP contribution in [-0.4, -0.2) is 17.6 Å². The first kappa shape index (κ1) is 14.2. The van der Waals surface area contributed by atoms with Crippen molar-refractivity contribution in [1.29, 1.82) is 0 Å². The first-order valence-electron chi connectivity index (χ1n) is 5.53. The average molecular weight is 344 g/mol. The molecule has 6 heteroatoms. The first-order chi connectivity index (χ1) is 9.09. The van der Waals surface area contributed by atoms with E-state index in [4.69, 9.17) is 0 Å². The molecular formula is C13H11BrFNO2S. The number of carbonyl (C=O) groups excluding carboxylic acids is 1. The van der Waals surface area contributed by atoms with Crippen LogP contribution in [0.1, 0.15) is 21.3 Å². The Labute approximate surface area is 122 Å². The van der Waals surface area contributed by atoms with Crippen LogP contribution in [0.5, 0.6) is 0 Å². The minimum Gasteiger partial charge on any atom is -0.386 e. The van der Waals surface area contributed by atoms with Gasteiger partial charge in [0.2, 0.25) is 0 Å². The van der Waals surface area contributed by atoms with Gasteiger partial charge in [0.1, 0.15) is 10.7 Å². The third kappa shape index (κ3) is 3.40. The van der Waals surface area contributed by atoms with Crippen LogP contribution in [0.3, 0.4) is 0 Å². The Balaban J connectivity index is 1.98. The molecule has 0 aliphatic heterocycles. The van der Waals surface area contributed by atoms with Gasteiger partial charge in [0.15, 0.2) is 0 Å². The number of amides is 1. The van der Waals surface area contributed by atoms with Gasteiger partial charge in [-0.15, -0.1) is 11.3 Å². The molecule has 0 saturated carbocycles. The highest BCUT2D eigenvalue weighted by atomic mass is 79.9. The molecule has 0 radical (unpaired) electrons. The Bertz CT molecular complexity index is 588. The molecule has 1 atom stereocenters. The van der Waals surface area contributed by atoms with E-state index in [1.807, 2.05) is 0 Å². The third-order valence-corrected chi connectivity index (χ3v) is 4.38. The molecule has 1 aromatic heterocycles. The zero-order valence-corrected chi connectivity index (χ0v) is 12.2. The quantitative estimate of drug-likeness (QED) is 0.895. The molecule has 0 fully saturated rings. The second-order valence-corrected chi connectivity index (χ2v) is 5.62. The predicted octanol–water partition coefficient (Wildman–Crippen LogP) is 3.11. The normalized spacial score (nSPS) is 12.2. The van der Waals surface area contributed by atoms with E-state index in [2.05, 4.69) is 21.2 Å². The van der Waals surface area contributed by atoms with E-state index in [1.54, 1.807) is 23.6 Å². The van der Waals surface area contributed by atoms with Gasteiger partial charge in [-0.25, -0.2) is 4.39 Å². The molecular weight excluding hydrogens is 333 g/mol. The van der Waals surface area contributed by atoms with Crippen LogP contribution in [0.25, 0.3) is 0 Å². The fraction of sp³-hybridized carbons (Fsp3) is 0.154. The molecule has 3 nitrogen and oxygen atoms in total. The van der Waals surface area contributed by atoms with Gasteiger partial charge < -0.3 is 10.4 Å². The molecule has 100 valence electrons. The smallest absolute Gasteiger partial charge is 0.262 e. The number of aliphatic hydroxyl groups excluding tert-OH is 1. The summed E-state index contributed by atoms with van der Waals surface area (Å²) in [4.78, 5) is 12.3. The van der Waals surface area contributed by atoms with E-state index in [9.17, 15) is 14.3 Å². The van der Waals surface area contributed by atoms with Crippen molar-refractivity contribution in [2.75, 3.05) is 6.54 Å². The van der Waals surface area contributed by atoms with Crippen molar-refractivity contribution in [3.05, 3.63) is 56.4 Å². The number of hydrogen-bond acceptors (Lipinski definition) is 3. The summed E-state index contributed by atoms with van der Waals surface area (Å²) in [5.41, 5.74) is 0.174. The molecule has 1 heterocycles. The molecule has 2 N–H and O–H groups in total. The number of halogens is 2. The molecule has 19 heavy (non-hydrogen) atoms. The number of carbonyl (C=O) groups is 1. The highest BCUT2D eigenvalue weighted by molar-refractivity contribution is 9.10. The summed E-state index contributed by atoms with van der Waals surface area (Å²) in [5.74, 6) is -0.779. The molecule has 0 bridgehead atoms. The Morgan fingerprint density at radius 1 is 1.42 bits per heavy atom. The fourth-order valence-corrected chi connectivity index (χ4v) is 3.05. The number of benzene rings is 1. The molecule has 0 spiro atoms. The zero-order chi connectivity index (χ0) is 13.8. The van der Waals surface area contributed by atoms with Gasteiger partial charge in [-0.05, 0) is 33.4 Å². The van der Waals surface area contributed by atoms with Crippen molar-refractivity contribution in [3.8, 4) is 0 Å². The summed E-state index contributed by atoms with van der Waals surface area (Å²) >= 11 is 4.55. The minimum absolute atomic E-state index is 0.0376. The van der Waals surface area contributed by atoms with Crippen molar-refractivity contribution in [2.24, 2.45) is 0 Å². The Hall–Kier alpha value is -1.24. The van der Waals surface area contributed by atoms with Gasteiger partial charge in [-0.3, -0.25) is 4.79 Å². The first-order valence-corrected chi connectivity index (χ1v) is 7.20. The van der Waals surface area contributed by atoms with E-state index >= 15 is 0 Å². The van der Waals surface area contributed by atoms with Crippen LogP contribution in [-0.2, 0) is 0 Å². The van der Waals surface area contributed by atoms with Crippen molar-refractivity contribution in [1.82, 2.24) is 5.32 Å². The molecule has 1 aromatic carbocycles. The minimum atomic E-state index is -1.07. The van der Waals surface area contributed by atoms with E-state index in [1.165, 1.54) is 23.5 Å². The van der Waals surface area contributed by atoms with Crippen LogP contribution >= 0.6 is 27.3 Å². The maximum atomic E-state index is 13.4. The maximum Gasteiger partial charge on any atom is 0.262 e. The predicted molar refractivity (Wildman–Crippen MR) is 75.7 cm³/mol. The lowest BCUT2D eigenvalue weighted by Crippen LogP contribution is -2.28. The summed E-state index contributed by atoms with van der Waals surface area (Å²) in [6.07, 6.45) is -1.07. The Kier molecular flexibility index (Phi) is 4.68. The molecule has 0 aliphatic rings. The second-order valence-electron chi connectivity index (χ2n) is 3.84. The SMILES string of the molecule is O=C(NCC(O)c1ccccc1F)c1sccc1Br. The highest BCUT2D eigenvalue weighted by Crippen LogP contribution is 2.22. The molecule has 1 amide bonds. The van der Waals surface area contributed by atoms with Crippen LogP contribution in [0, 0.1) is 5.82 Å². The number of rotatable bonds is 4. The number of hydrogen-bond donors (Lipinski definition) is 2. The summed E-state index contributed by atoms with van der Waals surface area (Å²) in [6, 6.07) is 7.72. The topological polar surface area (TPSA) is 49.3 Å². The van der Waals surface area contributed by atoms with Gasteiger partial charge in [0.25, 0.3) is 5.91 Å². The lowest BCUT2D eigenvalue weighted by Gasteiger charge is -2.12. The molecule has 0 aliphatic carbocycles. The third-order valence-electron chi connectivity index (χ3n) is 2.54. The second kappa shape index (κ2) is 6.27. The van der Waals surface area contributed by atoms with Gasteiger partial charge in [-0.2, -0.15) is 0 Å². The summed E-state index contributed by atoms with van der Waals surface area (Å²) < 4.78 is 14.1. The Morgan fingerprint density at radius 3 is 2.79 bits per heavy atom. The van der Waals surface area contributed by atoms with Crippen LogP contribution < -0.4 is 5.32 Å². The number of aliphatic hydroxyl groups is 1. The van der Waals surface area contributed by atoms with E-state index in [0.717, 1.165) is 0 Å². The summed E-state index contributed by atoms with van der Waals surface area (Å²) in [6.45, 7) is -0.0376. The van der Waals surface area contributed by atoms with Crippen LogP contribution in [0.15, 0.2) is 40.2 Å². The molecule has 2 rings (SSSR count). The zero-order valence-electron chi connectivity index (χ0n) is 9.77.